The molecule has 42 heavy (non-hydrogen) atoms. The Morgan fingerprint density at radius 2 is 1.40 bits per heavy atom. The molecule has 5 amide bonds. The van der Waals surface area contributed by atoms with Gasteiger partial charge >= 0.3 is 12.1 Å². The van der Waals surface area contributed by atoms with Crippen LogP contribution < -0.4 is 16.0 Å². The molecule has 0 radical (unpaired) electrons. The summed E-state index contributed by atoms with van der Waals surface area (Å²) in [5, 5.41) is 7.70. The maximum atomic E-state index is 13.5. The van der Waals surface area contributed by atoms with E-state index >= 15 is 0 Å². The molecule has 1 aliphatic heterocycles. The van der Waals surface area contributed by atoms with Crippen molar-refractivity contribution in [1.82, 2.24) is 20.9 Å². The second-order valence-electron chi connectivity index (χ2n) is 11.9. The molecule has 0 saturated heterocycles. The molecule has 1 aromatic carbocycles. The van der Waals surface area contributed by atoms with Gasteiger partial charge in [-0.1, -0.05) is 30.3 Å². The minimum absolute atomic E-state index is 0.123. The number of alkyl carbamates (subject to hydrolysis) is 1. The topological polar surface area (TPSA) is 160 Å². The monoisotopic (exact) mass is 586 g/mol. The number of benzene rings is 1. The Balaban J connectivity index is 2.10. The van der Waals surface area contributed by atoms with Gasteiger partial charge in [-0.3, -0.25) is 24.1 Å². The molecule has 0 aromatic heterocycles. The molecule has 1 aromatic rings. The highest BCUT2D eigenvalue weighted by Crippen LogP contribution is 2.14. The van der Waals surface area contributed by atoms with Crippen LogP contribution in [0, 0.1) is 0 Å². The Kier molecular flexibility index (Phi) is 12.2. The lowest BCUT2D eigenvalue weighted by Gasteiger charge is -2.26. The van der Waals surface area contributed by atoms with E-state index in [1.54, 1.807) is 65.8 Å². The summed E-state index contributed by atoms with van der Waals surface area (Å²) in [7, 11) is 0. The molecule has 230 valence electrons. The van der Waals surface area contributed by atoms with Crippen molar-refractivity contribution in [3.05, 3.63) is 48.0 Å². The molecule has 0 saturated carbocycles. The van der Waals surface area contributed by atoms with Gasteiger partial charge in [0.2, 0.25) is 11.8 Å². The Bertz CT molecular complexity index is 1150. The van der Waals surface area contributed by atoms with Crippen LogP contribution in [0.3, 0.4) is 0 Å². The fourth-order valence-electron chi connectivity index (χ4n) is 3.94. The van der Waals surface area contributed by atoms with Crippen molar-refractivity contribution in [2.24, 2.45) is 0 Å². The number of carbonyl (C=O) groups excluding carboxylic acids is 6. The van der Waals surface area contributed by atoms with E-state index in [0.29, 0.717) is 12.8 Å². The van der Waals surface area contributed by atoms with E-state index in [-0.39, 0.29) is 19.4 Å². The molecule has 1 aliphatic rings. The summed E-state index contributed by atoms with van der Waals surface area (Å²) in [5.41, 5.74) is -0.797. The SMILES string of the molecule is CC(C)(C)OC(=O)NCC(=O)NC(Cc1ccccc1)C(=O)NC(CCCCN1C(=O)C=CC1=O)C(=O)OC(C)(C)C. The summed E-state index contributed by atoms with van der Waals surface area (Å²) in [6, 6.07) is 6.89. The molecule has 0 spiro atoms. The Morgan fingerprint density at radius 1 is 0.810 bits per heavy atom. The molecule has 0 bridgehead atoms. The molecule has 1 heterocycles. The predicted octanol–water partition coefficient (Wildman–Crippen LogP) is 2.16. The van der Waals surface area contributed by atoms with Gasteiger partial charge in [0.15, 0.2) is 0 Å². The summed E-state index contributed by atoms with van der Waals surface area (Å²) in [4.78, 5) is 75.9. The largest absolute Gasteiger partial charge is 0.458 e. The highest BCUT2D eigenvalue weighted by atomic mass is 16.6. The van der Waals surface area contributed by atoms with Gasteiger partial charge < -0.3 is 25.4 Å². The molecule has 3 N–H and O–H groups in total. The van der Waals surface area contributed by atoms with E-state index in [1.807, 2.05) is 6.07 Å². The third-order valence-corrected chi connectivity index (χ3v) is 5.76. The molecule has 2 unspecified atom stereocenters. The van der Waals surface area contributed by atoms with Crippen LogP contribution in [0.1, 0.15) is 66.4 Å². The zero-order valence-corrected chi connectivity index (χ0v) is 25.2. The first kappa shape index (κ1) is 34.0. The smallest absolute Gasteiger partial charge is 0.408 e. The van der Waals surface area contributed by atoms with Crippen LogP contribution in [0.15, 0.2) is 42.5 Å². The van der Waals surface area contributed by atoms with E-state index in [4.69, 9.17) is 9.47 Å². The maximum absolute atomic E-state index is 13.5. The number of esters is 1. The first-order chi connectivity index (χ1) is 19.5. The number of ether oxygens (including phenoxy) is 2. The Hall–Kier alpha value is -4.22. The third-order valence-electron chi connectivity index (χ3n) is 5.76. The fraction of sp³-hybridized carbons (Fsp3) is 0.533. The van der Waals surface area contributed by atoms with Gasteiger partial charge in [0, 0.05) is 25.1 Å². The summed E-state index contributed by atoms with van der Waals surface area (Å²) in [5.74, 6) is -2.67. The number of carbonyl (C=O) groups is 6. The van der Waals surface area contributed by atoms with E-state index in [1.165, 1.54) is 12.2 Å². The number of nitrogens with one attached hydrogen (secondary N) is 3. The quantitative estimate of drug-likeness (QED) is 0.180. The van der Waals surface area contributed by atoms with Crippen molar-refractivity contribution in [2.75, 3.05) is 13.1 Å². The number of unbranched alkanes of at least 4 members (excludes halogenated alkanes) is 1. The summed E-state index contributed by atoms with van der Waals surface area (Å²) < 4.78 is 10.7. The lowest BCUT2D eigenvalue weighted by Crippen LogP contribution is -2.54. The minimum atomic E-state index is -1.07. The molecule has 12 nitrogen and oxygen atoms in total. The fourth-order valence-corrected chi connectivity index (χ4v) is 3.94. The zero-order chi connectivity index (χ0) is 31.5. The van der Waals surface area contributed by atoms with Crippen LogP contribution in [0.2, 0.25) is 0 Å². The van der Waals surface area contributed by atoms with E-state index in [0.717, 1.165) is 10.5 Å². The van der Waals surface area contributed by atoms with E-state index in [9.17, 15) is 28.8 Å². The van der Waals surface area contributed by atoms with Gasteiger partial charge in [-0.2, -0.15) is 0 Å². The molecule has 2 atom stereocenters. The lowest BCUT2D eigenvalue weighted by molar-refractivity contribution is -0.159. The average Bonchev–Trinajstić information content (AvgIpc) is 3.19. The summed E-state index contributed by atoms with van der Waals surface area (Å²) in [6.45, 7) is 9.94. The number of rotatable bonds is 13. The van der Waals surface area contributed by atoms with Crippen molar-refractivity contribution in [3.63, 3.8) is 0 Å². The van der Waals surface area contributed by atoms with Crippen LogP contribution in [0.4, 0.5) is 4.79 Å². The molecule has 2 rings (SSSR count). The Labute approximate surface area is 246 Å². The van der Waals surface area contributed by atoms with Crippen LogP contribution in [0.25, 0.3) is 0 Å². The van der Waals surface area contributed by atoms with Crippen molar-refractivity contribution in [1.29, 1.82) is 0 Å². The summed E-state index contributed by atoms with van der Waals surface area (Å²) in [6.07, 6.45) is 2.74. The lowest BCUT2D eigenvalue weighted by atomic mass is 10.0. The molecule has 12 heteroatoms. The van der Waals surface area contributed by atoms with Crippen molar-refractivity contribution in [2.45, 2.75) is 90.5 Å². The van der Waals surface area contributed by atoms with Gasteiger partial charge in [-0.25, -0.2) is 9.59 Å². The Morgan fingerprint density at radius 3 is 1.98 bits per heavy atom. The van der Waals surface area contributed by atoms with Crippen molar-refractivity contribution >= 4 is 35.7 Å². The molecular formula is C30H42N4O8. The van der Waals surface area contributed by atoms with Gasteiger partial charge in [0.1, 0.15) is 29.8 Å². The predicted molar refractivity (Wildman–Crippen MR) is 154 cm³/mol. The first-order valence-electron chi connectivity index (χ1n) is 13.9. The highest BCUT2D eigenvalue weighted by Gasteiger charge is 2.30. The standard InChI is InChI=1S/C30H42N4O8/c1-29(2,3)41-27(39)21(14-10-11-17-34-24(36)15-16-25(34)37)33-26(38)22(18-20-12-8-7-9-13-20)32-23(35)19-31-28(40)42-30(4,5)6/h7-9,12-13,15-16,21-22H,10-11,14,17-19H2,1-6H3,(H,31,40)(H,32,35)(H,33,38). The van der Waals surface area contributed by atoms with Crippen LogP contribution >= 0.6 is 0 Å². The van der Waals surface area contributed by atoms with Crippen LogP contribution in [0.5, 0.6) is 0 Å². The highest BCUT2D eigenvalue weighted by molar-refractivity contribution is 6.12. The van der Waals surface area contributed by atoms with E-state index in [2.05, 4.69) is 16.0 Å². The van der Waals surface area contributed by atoms with Gasteiger partial charge in [0.25, 0.3) is 11.8 Å². The molecular weight excluding hydrogens is 544 g/mol. The normalized spacial score (nSPS) is 14.7. The first-order valence-corrected chi connectivity index (χ1v) is 13.9. The average molecular weight is 587 g/mol. The van der Waals surface area contributed by atoms with Gasteiger partial charge in [-0.15, -0.1) is 0 Å². The minimum Gasteiger partial charge on any atom is -0.458 e. The number of imide groups is 1. The second kappa shape index (κ2) is 15.1. The van der Waals surface area contributed by atoms with Crippen LogP contribution in [-0.4, -0.2) is 77.0 Å². The van der Waals surface area contributed by atoms with Crippen LogP contribution in [-0.2, 0) is 39.9 Å². The number of hydrogen-bond acceptors (Lipinski definition) is 8. The summed E-state index contributed by atoms with van der Waals surface area (Å²) >= 11 is 0. The zero-order valence-electron chi connectivity index (χ0n) is 25.2. The van der Waals surface area contributed by atoms with Gasteiger partial charge in [0.05, 0.1) is 0 Å². The maximum Gasteiger partial charge on any atom is 0.408 e. The third kappa shape index (κ3) is 12.5. The van der Waals surface area contributed by atoms with Crippen molar-refractivity contribution in [3.8, 4) is 0 Å². The van der Waals surface area contributed by atoms with Gasteiger partial charge in [-0.05, 0) is 66.4 Å². The van der Waals surface area contributed by atoms with Crippen molar-refractivity contribution < 1.29 is 38.2 Å². The molecule has 0 aliphatic carbocycles. The number of hydrogen-bond donors (Lipinski definition) is 3. The number of amides is 5. The molecule has 0 fully saturated rings. The second-order valence-corrected chi connectivity index (χ2v) is 11.9. The van der Waals surface area contributed by atoms with E-state index < -0.39 is 65.5 Å². The number of nitrogens with zero attached hydrogens (tertiary/aromatic N) is 1.